The summed E-state index contributed by atoms with van der Waals surface area (Å²) in [5, 5.41) is 0. The Labute approximate surface area is 75.3 Å². The van der Waals surface area contributed by atoms with Gasteiger partial charge in [-0.1, -0.05) is 11.6 Å². The number of hydrogen-bond donors (Lipinski definition) is 0. The quantitative estimate of drug-likeness (QED) is 0.462. The molecule has 0 saturated carbocycles. The molecule has 1 unspecified atom stereocenters. The molecular formula is C8H9ClO3. The van der Waals surface area contributed by atoms with Gasteiger partial charge in [0.1, 0.15) is 18.3 Å². The highest BCUT2D eigenvalue weighted by molar-refractivity contribution is 6.25. The molecule has 1 aliphatic heterocycles. The van der Waals surface area contributed by atoms with Crippen LogP contribution in [0, 0.1) is 0 Å². The SMILES string of the molecule is C/C(=C\Cl)C1CC(=O)CC(=O)O1. The van der Waals surface area contributed by atoms with Crippen LogP contribution in [0.2, 0.25) is 0 Å². The molecule has 4 heteroatoms. The molecule has 12 heavy (non-hydrogen) atoms. The zero-order valence-corrected chi connectivity index (χ0v) is 7.43. The Kier molecular flexibility index (Phi) is 2.87. The second kappa shape index (κ2) is 3.72. The largest absolute Gasteiger partial charge is 0.457 e. The van der Waals surface area contributed by atoms with Crippen LogP contribution in [0.5, 0.6) is 0 Å². The summed E-state index contributed by atoms with van der Waals surface area (Å²) in [6, 6.07) is 0. The van der Waals surface area contributed by atoms with Gasteiger partial charge in [-0.3, -0.25) is 9.59 Å². The van der Waals surface area contributed by atoms with E-state index in [0.717, 1.165) is 0 Å². The van der Waals surface area contributed by atoms with E-state index < -0.39 is 12.1 Å². The Morgan fingerprint density at radius 3 is 2.83 bits per heavy atom. The Morgan fingerprint density at radius 1 is 1.67 bits per heavy atom. The minimum absolute atomic E-state index is 0.0888. The van der Waals surface area contributed by atoms with Crippen LogP contribution < -0.4 is 0 Å². The number of rotatable bonds is 1. The molecule has 1 aliphatic rings. The fraction of sp³-hybridized carbons (Fsp3) is 0.500. The second-order valence-corrected chi connectivity index (χ2v) is 2.97. The molecule has 1 fully saturated rings. The first-order chi connectivity index (χ1) is 5.63. The third-order valence-corrected chi connectivity index (χ3v) is 2.05. The number of ketones is 1. The van der Waals surface area contributed by atoms with Gasteiger partial charge in [0.2, 0.25) is 0 Å². The lowest BCUT2D eigenvalue weighted by Crippen LogP contribution is -2.30. The molecule has 0 aliphatic carbocycles. The van der Waals surface area contributed by atoms with Crippen LogP contribution in [-0.4, -0.2) is 17.9 Å². The smallest absolute Gasteiger partial charge is 0.313 e. The number of carbonyl (C=O) groups is 2. The van der Waals surface area contributed by atoms with Gasteiger partial charge in [0.05, 0.1) is 0 Å². The maximum Gasteiger partial charge on any atom is 0.313 e. The number of cyclic esters (lactones) is 1. The molecule has 1 atom stereocenters. The summed E-state index contributed by atoms with van der Waals surface area (Å²) in [4.78, 5) is 21.7. The zero-order chi connectivity index (χ0) is 9.14. The van der Waals surface area contributed by atoms with Gasteiger partial charge in [0, 0.05) is 12.0 Å². The topological polar surface area (TPSA) is 43.4 Å². The summed E-state index contributed by atoms with van der Waals surface area (Å²) in [6.07, 6.45) is -0.302. The van der Waals surface area contributed by atoms with E-state index in [9.17, 15) is 9.59 Å². The van der Waals surface area contributed by atoms with Crippen molar-refractivity contribution < 1.29 is 14.3 Å². The van der Waals surface area contributed by atoms with Gasteiger partial charge in [-0.2, -0.15) is 0 Å². The molecule has 0 aromatic rings. The van der Waals surface area contributed by atoms with Crippen molar-refractivity contribution >= 4 is 23.4 Å². The standard InChI is InChI=1S/C8H9ClO3/c1-5(4-9)7-2-6(10)3-8(11)12-7/h4,7H,2-3H2,1H3/b5-4+. The second-order valence-electron chi connectivity index (χ2n) is 2.75. The van der Waals surface area contributed by atoms with Crippen molar-refractivity contribution in [3.05, 3.63) is 11.1 Å². The van der Waals surface area contributed by atoms with Crippen molar-refractivity contribution in [3.8, 4) is 0 Å². The summed E-state index contributed by atoms with van der Waals surface area (Å²) >= 11 is 5.42. The van der Waals surface area contributed by atoms with Crippen LogP contribution >= 0.6 is 11.6 Å². The summed E-state index contributed by atoms with van der Waals surface area (Å²) in [5.41, 5.74) is 2.04. The van der Waals surface area contributed by atoms with Crippen molar-refractivity contribution in [1.29, 1.82) is 0 Å². The average molecular weight is 189 g/mol. The predicted octanol–water partition coefficient (Wildman–Crippen LogP) is 1.40. The predicted molar refractivity (Wildman–Crippen MR) is 43.7 cm³/mol. The molecular weight excluding hydrogens is 180 g/mol. The molecule has 1 rings (SSSR count). The van der Waals surface area contributed by atoms with Gasteiger partial charge in [-0.05, 0) is 12.5 Å². The van der Waals surface area contributed by atoms with Crippen molar-refractivity contribution in [1.82, 2.24) is 0 Å². The fourth-order valence-corrected chi connectivity index (χ4v) is 1.15. The molecule has 66 valence electrons. The Morgan fingerprint density at radius 2 is 2.33 bits per heavy atom. The van der Waals surface area contributed by atoms with Gasteiger partial charge in [0.15, 0.2) is 0 Å². The van der Waals surface area contributed by atoms with Crippen LogP contribution in [0.4, 0.5) is 0 Å². The first-order valence-electron chi connectivity index (χ1n) is 3.61. The number of Topliss-reactive ketones (excluding diaryl/α,β-unsaturated/α-hetero) is 1. The highest BCUT2D eigenvalue weighted by Gasteiger charge is 2.27. The first kappa shape index (κ1) is 9.26. The van der Waals surface area contributed by atoms with Gasteiger partial charge >= 0.3 is 5.97 Å². The number of esters is 1. The number of halogens is 1. The van der Waals surface area contributed by atoms with Crippen LogP contribution in [-0.2, 0) is 14.3 Å². The normalized spacial score (nSPS) is 25.5. The summed E-state index contributed by atoms with van der Waals surface area (Å²) in [7, 11) is 0. The van der Waals surface area contributed by atoms with Gasteiger partial charge in [0.25, 0.3) is 0 Å². The van der Waals surface area contributed by atoms with Crippen LogP contribution in [0.15, 0.2) is 11.1 Å². The molecule has 0 spiro atoms. The average Bonchev–Trinajstić information content (AvgIpc) is 2.01. The van der Waals surface area contributed by atoms with E-state index in [1.165, 1.54) is 5.54 Å². The van der Waals surface area contributed by atoms with Gasteiger partial charge in [-0.15, -0.1) is 0 Å². The summed E-state index contributed by atoms with van der Waals surface area (Å²) in [5.74, 6) is -0.553. The van der Waals surface area contributed by atoms with Crippen molar-refractivity contribution in [2.24, 2.45) is 0 Å². The zero-order valence-electron chi connectivity index (χ0n) is 6.67. The fourth-order valence-electron chi connectivity index (χ4n) is 1.01. The van der Waals surface area contributed by atoms with E-state index in [4.69, 9.17) is 16.3 Å². The van der Waals surface area contributed by atoms with E-state index in [0.29, 0.717) is 5.57 Å². The molecule has 0 aromatic carbocycles. The van der Waals surface area contributed by atoms with E-state index >= 15 is 0 Å². The monoisotopic (exact) mass is 188 g/mol. The number of ether oxygens (including phenoxy) is 1. The van der Waals surface area contributed by atoms with Crippen molar-refractivity contribution in [2.75, 3.05) is 0 Å². The number of carbonyl (C=O) groups excluding carboxylic acids is 2. The molecule has 1 heterocycles. The van der Waals surface area contributed by atoms with E-state index in [-0.39, 0.29) is 18.6 Å². The molecule has 0 aromatic heterocycles. The highest BCUT2D eigenvalue weighted by Crippen LogP contribution is 2.18. The molecule has 0 bridgehead atoms. The molecule has 0 radical (unpaired) electrons. The molecule has 0 amide bonds. The number of hydrogen-bond acceptors (Lipinski definition) is 3. The van der Waals surface area contributed by atoms with Crippen molar-refractivity contribution in [3.63, 3.8) is 0 Å². The van der Waals surface area contributed by atoms with E-state index in [2.05, 4.69) is 0 Å². The van der Waals surface area contributed by atoms with Crippen molar-refractivity contribution in [2.45, 2.75) is 25.9 Å². The minimum Gasteiger partial charge on any atom is -0.457 e. The minimum atomic E-state index is -0.464. The summed E-state index contributed by atoms with van der Waals surface area (Å²) in [6.45, 7) is 1.73. The maximum absolute atomic E-state index is 10.9. The lowest BCUT2D eigenvalue weighted by molar-refractivity contribution is -0.155. The Balaban J connectivity index is 2.67. The lowest BCUT2D eigenvalue weighted by Gasteiger charge is -2.21. The highest BCUT2D eigenvalue weighted by atomic mass is 35.5. The molecule has 0 N–H and O–H groups in total. The Hall–Kier alpha value is -0.830. The molecule has 1 saturated heterocycles. The third-order valence-electron chi connectivity index (χ3n) is 1.71. The first-order valence-corrected chi connectivity index (χ1v) is 4.05. The van der Waals surface area contributed by atoms with Gasteiger partial charge in [-0.25, -0.2) is 0 Å². The van der Waals surface area contributed by atoms with E-state index in [1.54, 1.807) is 6.92 Å². The third kappa shape index (κ3) is 2.08. The Bertz CT molecular complexity index is 229. The maximum atomic E-state index is 10.9. The van der Waals surface area contributed by atoms with Crippen LogP contribution in [0.25, 0.3) is 0 Å². The van der Waals surface area contributed by atoms with Crippen LogP contribution in [0.3, 0.4) is 0 Å². The molecule has 3 nitrogen and oxygen atoms in total. The van der Waals surface area contributed by atoms with Gasteiger partial charge < -0.3 is 4.74 Å². The summed E-state index contributed by atoms with van der Waals surface area (Å²) < 4.78 is 4.90. The van der Waals surface area contributed by atoms with E-state index in [1.807, 2.05) is 0 Å². The van der Waals surface area contributed by atoms with Crippen LogP contribution in [0.1, 0.15) is 19.8 Å². The lowest BCUT2D eigenvalue weighted by atomic mass is 10.0.